The summed E-state index contributed by atoms with van der Waals surface area (Å²) in [6, 6.07) is 8.34. The van der Waals surface area contributed by atoms with Crippen molar-refractivity contribution in [2.45, 2.75) is 74.0 Å². The molecule has 8 heteroatoms. The number of amides is 2. The van der Waals surface area contributed by atoms with Gasteiger partial charge in [-0.15, -0.1) is 24.9 Å². The van der Waals surface area contributed by atoms with Crippen LogP contribution >= 0.6 is 11.8 Å². The van der Waals surface area contributed by atoms with Crippen LogP contribution in [-0.4, -0.2) is 80.6 Å². The largest absolute Gasteiger partial charge is 0.465 e. The van der Waals surface area contributed by atoms with Crippen LogP contribution in [-0.2, 0) is 25.5 Å². The number of aliphatic hydroxyl groups excluding tert-OH is 1. The first-order valence-electron chi connectivity index (χ1n) is 14.1. The molecule has 7 nitrogen and oxygen atoms in total. The second-order valence-corrected chi connectivity index (χ2v) is 13.1. The molecular formula is C31H42N2O5S. The molecule has 6 atom stereocenters. The van der Waals surface area contributed by atoms with Crippen LogP contribution in [0.5, 0.6) is 0 Å². The number of esters is 1. The molecule has 4 rings (SSSR count). The number of carbonyl (C=O) groups excluding carboxylic acids is 3. The third-order valence-corrected chi connectivity index (χ3v) is 10.6. The normalized spacial score (nSPS) is 29.7. The molecule has 3 aliphatic heterocycles. The molecule has 1 aromatic carbocycles. The first-order valence-corrected chi connectivity index (χ1v) is 14.9. The molecule has 2 amide bonds. The molecule has 1 spiro atoms. The zero-order valence-electron chi connectivity index (χ0n) is 23.2. The molecule has 2 unspecified atom stereocenters. The minimum absolute atomic E-state index is 0.122. The average molecular weight is 555 g/mol. The van der Waals surface area contributed by atoms with E-state index >= 15 is 0 Å². The molecular weight excluding hydrogens is 512 g/mol. The smallest absolute Gasteiger partial charge is 0.311 e. The maximum atomic E-state index is 14.4. The summed E-state index contributed by atoms with van der Waals surface area (Å²) < 4.78 is 4.40. The molecule has 1 aromatic rings. The molecule has 0 saturated carbocycles. The van der Waals surface area contributed by atoms with Crippen molar-refractivity contribution >= 4 is 29.5 Å². The number of likely N-dealkylation sites (tertiary alicyclic amines) is 1. The van der Waals surface area contributed by atoms with Crippen LogP contribution in [0.2, 0.25) is 0 Å². The highest BCUT2D eigenvalue weighted by molar-refractivity contribution is 8.02. The van der Waals surface area contributed by atoms with Crippen molar-refractivity contribution in [3.63, 3.8) is 0 Å². The van der Waals surface area contributed by atoms with Gasteiger partial charge in [0, 0.05) is 17.8 Å². The second kappa shape index (κ2) is 12.3. The van der Waals surface area contributed by atoms with Crippen molar-refractivity contribution < 1.29 is 24.2 Å². The lowest BCUT2D eigenvalue weighted by Crippen LogP contribution is -2.58. The summed E-state index contributed by atoms with van der Waals surface area (Å²) in [4.78, 5) is 45.8. The van der Waals surface area contributed by atoms with E-state index in [1.165, 1.54) is 0 Å². The standard InChI is InChI=1S/C31H42N2O5S/c1-5-8-18-32(17-7-3)28(36)26-31-16-15-30(4,39-31)25(29(37)38-19-9-6-2)24(31)27(35)33(26)23(21-34)20-22-13-11-10-12-14-22/h6-7,10-14,23-26,34H,2-3,5,8-9,15-21H2,1,4H3/t23-,24+,25-,26?,30+,31?/m1/s1. The second-order valence-electron chi connectivity index (χ2n) is 11.2. The SMILES string of the molecule is C=CCCOC(=O)[C@H]1[C@H]2C(=O)N([C@@H](CO)Cc3ccccc3)C(C(=O)N(CC=C)CCCC)C23CC[C@]1(C)S3. The Kier molecular flexibility index (Phi) is 9.27. The van der Waals surface area contributed by atoms with Gasteiger partial charge in [-0.2, -0.15) is 0 Å². The Labute approximate surface area is 236 Å². The van der Waals surface area contributed by atoms with Gasteiger partial charge in [-0.3, -0.25) is 14.4 Å². The van der Waals surface area contributed by atoms with Crippen LogP contribution in [0.25, 0.3) is 0 Å². The van der Waals surface area contributed by atoms with Gasteiger partial charge in [-0.25, -0.2) is 0 Å². The van der Waals surface area contributed by atoms with E-state index in [2.05, 4.69) is 20.1 Å². The molecule has 0 aliphatic carbocycles. The molecule has 3 aliphatic rings. The Morgan fingerprint density at radius 1 is 1.26 bits per heavy atom. The lowest BCUT2D eigenvalue weighted by molar-refractivity contribution is -0.156. The number of aliphatic hydroxyl groups is 1. The zero-order chi connectivity index (χ0) is 28.2. The summed E-state index contributed by atoms with van der Waals surface area (Å²) in [5.74, 6) is -2.04. The van der Waals surface area contributed by atoms with Gasteiger partial charge >= 0.3 is 5.97 Å². The van der Waals surface area contributed by atoms with Gasteiger partial charge in [0.1, 0.15) is 6.04 Å². The monoisotopic (exact) mass is 554 g/mol. The van der Waals surface area contributed by atoms with Crippen molar-refractivity contribution in [3.8, 4) is 0 Å². The van der Waals surface area contributed by atoms with E-state index in [0.29, 0.717) is 32.4 Å². The lowest BCUT2D eigenvalue weighted by atomic mass is 9.66. The first-order chi connectivity index (χ1) is 18.8. The number of thioether (sulfide) groups is 1. The predicted octanol–water partition coefficient (Wildman–Crippen LogP) is 4.01. The average Bonchev–Trinajstić information content (AvgIpc) is 3.50. The van der Waals surface area contributed by atoms with Crippen molar-refractivity contribution in [1.29, 1.82) is 0 Å². The number of hydrogen-bond acceptors (Lipinski definition) is 6. The molecule has 212 valence electrons. The van der Waals surface area contributed by atoms with Gasteiger partial charge in [0.25, 0.3) is 0 Å². The molecule has 0 aromatic heterocycles. The minimum atomic E-state index is -0.773. The fourth-order valence-electron chi connectivity index (χ4n) is 6.83. The summed E-state index contributed by atoms with van der Waals surface area (Å²) in [5.41, 5.74) is 0.975. The van der Waals surface area contributed by atoms with E-state index in [9.17, 15) is 19.5 Å². The number of benzene rings is 1. The fourth-order valence-corrected chi connectivity index (χ4v) is 9.16. The Morgan fingerprint density at radius 2 is 2.00 bits per heavy atom. The summed E-state index contributed by atoms with van der Waals surface area (Å²) in [7, 11) is 0. The lowest BCUT2D eigenvalue weighted by Gasteiger charge is -2.39. The van der Waals surface area contributed by atoms with E-state index < -0.39 is 33.4 Å². The number of carbonyl (C=O) groups is 3. The van der Waals surface area contributed by atoms with Crippen LogP contribution < -0.4 is 0 Å². The van der Waals surface area contributed by atoms with Crippen molar-refractivity contribution in [2.24, 2.45) is 11.8 Å². The fraction of sp³-hybridized carbons (Fsp3) is 0.581. The molecule has 3 heterocycles. The Hall–Kier alpha value is -2.58. The predicted molar refractivity (Wildman–Crippen MR) is 154 cm³/mol. The molecule has 3 fully saturated rings. The van der Waals surface area contributed by atoms with Gasteiger partial charge in [-0.05, 0) is 44.6 Å². The van der Waals surface area contributed by atoms with E-state index in [1.807, 2.05) is 37.3 Å². The zero-order valence-corrected chi connectivity index (χ0v) is 24.0. The third kappa shape index (κ3) is 5.30. The van der Waals surface area contributed by atoms with Gasteiger partial charge in [0.2, 0.25) is 11.8 Å². The molecule has 2 bridgehead atoms. The van der Waals surface area contributed by atoms with Crippen molar-refractivity contribution in [1.82, 2.24) is 9.80 Å². The van der Waals surface area contributed by atoms with Gasteiger partial charge < -0.3 is 19.6 Å². The Morgan fingerprint density at radius 3 is 2.64 bits per heavy atom. The maximum absolute atomic E-state index is 14.4. The highest BCUT2D eigenvalue weighted by Gasteiger charge is 2.78. The Bertz CT molecular complexity index is 1080. The number of nitrogens with zero attached hydrogens (tertiary/aromatic N) is 2. The van der Waals surface area contributed by atoms with E-state index in [1.54, 1.807) is 33.7 Å². The molecule has 39 heavy (non-hydrogen) atoms. The van der Waals surface area contributed by atoms with Gasteiger partial charge in [0.05, 0.1) is 35.8 Å². The van der Waals surface area contributed by atoms with Crippen LogP contribution in [0.1, 0.15) is 51.5 Å². The topological polar surface area (TPSA) is 87.1 Å². The molecule has 3 saturated heterocycles. The Balaban J connectivity index is 1.77. The number of hydrogen-bond donors (Lipinski definition) is 1. The van der Waals surface area contributed by atoms with Crippen LogP contribution in [0.4, 0.5) is 0 Å². The van der Waals surface area contributed by atoms with Crippen LogP contribution in [0, 0.1) is 11.8 Å². The summed E-state index contributed by atoms with van der Waals surface area (Å²) in [6.07, 6.45) is 7.53. The number of unbranched alkanes of at least 4 members (excludes halogenated alkanes) is 1. The maximum Gasteiger partial charge on any atom is 0.311 e. The van der Waals surface area contributed by atoms with E-state index in [-0.39, 0.29) is 31.0 Å². The van der Waals surface area contributed by atoms with Crippen LogP contribution in [0.3, 0.4) is 0 Å². The van der Waals surface area contributed by atoms with Crippen LogP contribution in [0.15, 0.2) is 55.6 Å². The van der Waals surface area contributed by atoms with Crippen molar-refractivity contribution in [3.05, 3.63) is 61.2 Å². The summed E-state index contributed by atoms with van der Waals surface area (Å²) in [5, 5.41) is 10.6. The first kappa shape index (κ1) is 29.4. The molecule has 0 radical (unpaired) electrons. The number of fused-ring (bicyclic) bond motifs is 1. The van der Waals surface area contributed by atoms with Gasteiger partial charge in [-0.1, -0.05) is 55.8 Å². The molecule has 1 N–H and O–H groups in total. The quantitative estimate of drug-likeness (QED) is 0.213. The number of rotatable bonds is 14. The van der Waals surface area contributed by atoms with Gasteiger partial charge in [0.15, 0.2) is 0 Å². The summed E-state index contributed by atoms with van der Waals surface area (Å²) in [6.45, 7) is 12.6. The number of ether oxygens (including phenoxy) is 1. The minimum Gasteiger partial charge on any atom is -0.465 e. The third-order valence-electron chi connectivity index (χ3n) is 8.63. The highest BCUT2D eigenvalue weighted by atomic mass is 32.2. The summed E-state index contributed by atoms with van der Waals surface area (Å²) >= 11 is 1.63. The van der Waals surface area contributed by atoms with Crippen molar-refractivity contribution in [2.75, 3.05) is 26.3 Å². The highest BCUT2D eigenvalue weighted by Crippen LogP contribution is 2.71. The van der Waals surface area contributed by atoms with E-state index in [4.69, 9.17) is 4.74 Å². The van der Waals surface area contributed by atoms with E-state index in [0.717, 1.165) is 24.8 Å².